The van der Waals surface area contributed by atoms with Crippen molar-refractivity contribution in [2.45, 2.75) is 40.2 Å². The third-order valence-corrected chi connectivity index (χ3v) is 5.13. The molecule has 1 aliphatic carbocycles. The molecule has 112 valence electrons. The second-order valence-electron chi connectivity index (χ2n) is 6.68. The summed E-state index contributed by atoms with van der Waals surface area (Å²) in [6.45, 7) is 7.90. The Balaban J connectivity index is 2.36. The van der Waals surface area contributed by atoms with Crippen LogP contribution in [0.25, 0.3) is 0 Å². The molecule has 1 fully saturated rings. The maximum atomic E-state index is 12.6. The fourth-order valence-corrected chi connectivity index (χ4v) is 2.91. The average molecular weight is 282 g/mol. The van der Waals surface area contributed by atoms with Gasteiger partial charge in [0.2, 0.25) is 0 Å². The van der Waals surface area contributed by atoms with Gasteiger partial charge in [-0.2, -0.15) is 0 Å². The Morgan fingerprint density at radius 2 is 1.95 bits per heavy atom. The molecule has 5 heteroatoms. The molecular weight excluding hydrogens is 260 g/mol. The van der Waals surface area contributed by atoms with Crippen LogP contribution in [0.3, 0.4) is 0 Å². The van der Waals surface area contributed by atoms with E-state index in [4.69, 9.17) is 9.47 Å². The topological polar surface area (TPSA) is 76.1 Å². The number of carbonyl (C=O) groups is 2. The molecule has 0 saturated carbocycles. The number of epoxide rings is 1. The standard InChI is InChI=1S/C15H22O5/c1-13(2)6-5-7-14(3,11(16)17)15(13,4)12(18)20-9-10-8-19-10/h5,7,10H,6,8-9H2,1-4H3,(H,16,17). The lowest BCUT2D eigenvalue weighted by Crippen LogP contribution is -2.58. The summed E-state index contributed by atoms with van der Waals surface area (Å²) in [5.41, 5.74) is -2.91. The number of rotatable bonds is 4. The number of carboxylic acids is 1. The van der Waals surface area contributed by atoms with Crippen molar-refractivity contribution < 1.29 is 24.2 Å². The van der Waals surface area contributed by atoms with E-state index in [9.17, 15) is 14.7 Å². The quantitative estimate of drug-likeness (QED) is 0.485. The molecule has 0 amide bonds. The Kier molecular flexibility index (Phi) is 3.45. The third kappa shape index (κ3) is 2.04. The van der Waals surface area contributed by atoms with E-state index in [-0.39, 0.29) is 12.7 Å². The third-order valence-electron chi connectivity index (χ3n) is 5.13. The van der Waals surface area contributed by atoms with Gasteiger partial charge in [0.1, 0.15) is 12.7 Å². The summed E-state index contributed by atoms with van der Waals surface area (Å²) in [4.78, 5) is 24.4. The van der Waals surface area contributed by atoms with Crippen LogP contribution in [-0.2, 0) is 19.1 Å². The summed E-state index contributed by atoms with van der Waals surface area (Å²) in [5.74, 6) is -1.48. The molecule has 0 aromatic carbocycles. The first-order chi connectivity index (χ1) is 9.15. The van der Waals surface area contributed by atoms with Crippen LogP contribution in [-0.4, -0.2) is 36.4 Å². The van der Waals surface area contributed by atoms with Gasteiger partial charge in [0.25, 0.3) is 0 Å². The van der Waals surface area contributed by atoms with Crippen molar-refractivity contribution in [3.8, 4) is 0 Å². The van der Waals surface area contributed by atoms with E-state index in [0.29, 0.717) is 13.0 Å². The summed E-state index contributed by atoms with van der Waals surface area (Å²) >= 11 is 0. The minimum atomic E-state index is -1.28. The molecule has 0 aromatic heterocycles. The Bertz CT molecular complexity index is 463. The molecule has 1 heterocycles. The lowest BCUT2D eigenvalue weighted by Gasteiger charge is -2.52. The summed E-state index contributed by atoms with van der Waals surface area (Å²) < 4.78 is 10.4. The summed E-state index contributed by atoms with van der Waals surface area (Å²) in [6.07, 6.45) is 4.07. The van der Waals surface area contributed by atoms with Crippen LogP contribution < -0.4 is 0 Å². The van der Waals surface area contributed by atoms with Gasteiger partial charge >= 0.3 is 11.9 Å². The maximum Gasteiger partial charge on any atom is 0.314 e. The van der Waals surface area contributed by atoms with Crippen LogP contribution in [0.1, 0.15) is 34.1 Å². The number of hydrogen-bond acceptors (Lipinski definition) is 4. The zero-order valence-electron chi connectivity index (χ0n) is 12.4. The molecule has 0 aromatic rings. The molecule has 1 saturated heterocycles. The minimum Gasteiger partial charge on any atom is -0.481 e. The van der Waals surface area contributed by atoms with Gasteiger partial charge in [-0.15, -0.1) is 0 Å². The minimum absolute atomic E-state index is 0.0270. The Morgan fingerprint density at radius 1 is 1.35 bits per heavy atom. The molecule has 0 bridgehead atoms. The zero-order valence-corrected chi connectivity index (χ0v) is 12.4. The molecule has 1 aliphatic heterocycles. The van der Waals surface area contributed by atoms with E-state index in [1.807, 2.05) is 19.9 Å². The molecule has 0 spiro atoms. The van der Waals surface area contributed by atoms with Crippen molar-refractivity contribution in [2.24, 2.45) is 16.2 Å². The van der Waals surface area contributed by atoms with Crippen LogP contribution in [0.2, 0.25) is 0 Å². The molecule has 20 heavy (non-hydrogen) atoms. The predicted molar refractivity (Wildman–Crippen MR) is 72.1 cm³/mol. The molecule has 5 nitrogen and oxygen atoms in total. The van der Waals surface area contributed by atoms with E-state index in [1.54, 1.807) is 19.9 Å². The van der Waals surface area contributed by atoms with Crippen molar-refractivity contribution >= 4 is 11.9 Å². The Morgan fingerprint density at radius 3 is 2.45 bits per heavy atom. The molecule has 2 rings (SSSR count). The van der Waals surface area contributed by atoms with Crippen molar-refractivity contribution in [3.63, 3.8) is 0 Å². The van der Waals surface area contributed by atoms with E-state index >= 15 is 0 Å². The second kappa shape index (κ2) is 4.58. The molecule has 3 unspecified atom stereocenters. The number of aliphatic carboxylic acids is 1. The molecule has 1 N–H and O–H groups in total. The van der Waals surface area contributed by atoms with E-state index in [0.717, 1.165) is 0 Å². The summed E-state index contributed by atoms with van der Waals surface area (Å²) in [5, 5.41) is 9.62. The van der Waals surface area contributed by atoms with Gasteiger partial charge in [0.05, 0.1) is 17.4 Å². The number of carbonyl (C=O) groups excluding carboxylic acids is 1. The van der Waals surface area contributed by atoms with Gasteiger partial charge < -0.3 is 14.6 Å². The molecule has 3 atom stereocenters. The zero-order chi connectivity index (χ0) is 15.2. The maximum absolute atomic E-state index is 12.6. The molecular formula is C15H22O5. The first kappa shape index (κ1) is 15.0. The normalized spacial score (nSPS) is 38.3. The smallest absolute Gasteiger partial charge is 0.314 e. The molecule has 0 radical (unpaired) electrons. The first-order valence-corrected chi connectivity index (χ1v) is 6.85. The van der Waals surface area contributed by atoms with Gasteiger partial charge in [-0.05, 0) is 25.7 Å². The highest BCUT2D eigenvalue weighted by molar-refractivity contribution is 5.89. The second-order valence-corrected chi connectivity index (χ2v) is 6.68. The highest BCUT2D eigenvalue weighted by atomic mass is 16.6. The van der Waals surface area contributed by atoms with Gasteiger partial charge in [-0.3, -0.25) is 9.59 Å². The van der Waals surface area contributed by atoms with Crippen molar-refractivity contribution in [1.29, 1.82) is 0 Å². The monoisotopic (exact) mass is 282 g/mol. The summed E-state index contributed by atoms with van der Waals surface area (Å²) in [7, 11) is 0. The van der Waals surface area contributed by atoms with Gasteiger partial charge in [-0.25, -0.2) is 0 Å². The van der Waals surface area contributed by atoms with Crippen LogP contribution in [0.4, 0.5) is 0 Å². The van der Waals surface area contributed by atoms with Gasteiger partial charge in [-0.1, -0.05) is 26.0 Å². The largest absolute Gasteiger partial charge is 0.481 e. The first-order valence-electron chi connectivity index (χ1n) is 6.85. The highest BCUT2D eigenvalue weighted by Gasteiger charge is 2.63. The van der Waals surface area contributed by atoms with E-state index in [2.05, 4.69) is 0 Å². The highest BCUT2D eigenvalue weighted by Crippen LogP contribution is 2.58. The number of carboxylic acid groups (broad SMARTS) is 1. The van der Waals surface area contributed by atoms with Gasteiger partial charge in [0.15, 0.2) is 0 Å². The lowest BCUT2D eigenvalue weighted by molar-refractivity contribution is -0.184. The van der Waals surface area contributed by atoms with Crippen molar-refractivity contribution in [3.05, 3.63) is 12.2 Å². The van der Waals surface area contributed by atoms with E-state index in [1.165, 1.54) is 0 Å². The predicted octanol–water partition coefficient (Wildman–Crippen LogP) is 2.01. The van der Waals surface area contributed by atoms with Gasteiger partial charge in [0, 0.05) is 0 Å². The fraction of sp³-hybridized carbons (Fsp3) is 0.733. The Hall–Kier alpha value is -1.36. The number of hydrogen-bond donors (Lipinski definition) is 1. The van der Waals surface area contributed by atoms with Crippen LogP contribution in [0, 0.1) is 16.2 Å². The van der Waals surface area contributed by atoms with Crippen molar-refractivity contribution in [1.82, 2.24) is 0 Å². The van der Waals surface area contributed by atoms with E-state index < -0.39 is 28.2 Å². The Labute approximate surface area is 118 Å². The molecule has 2 aliphatic rings. The number of esters is 1. The van der Waals surface area contributed by atoms with Crippen LogP contribution in [0.15, 0.2) is 12.2 Å². The number of allylic oxidation sites excluding steroid dienone is 1. The van der Waals surface area contributed by atoms with Crippen LogP contribution in [0.5, 0.6) is 0 Å². The fourth-order valence-electron chi connectivity index (χ4n) is 2.91. The SMILES string of the molecule is CC1(C)CC=CC(C)(C(=O)O)C1(C)C(=O)OCC1CO1. The summed E-state index contributed by atoms with van der Waals surface area (Å²) in [6, 6.07) is 0. The number of ether oxygens (including phenoxy) is 2. The van der Waals surface area contributed by atoms with Crippen LogP contribution >= 0.6 is 0 Å². The lowest BCUT2D eigenvalue weighted by atomic mass is 9.49. The average Bonchev–Trinajstić information content (AvgIpc) is 3.16. The van der Waals surface area contributed by atoms with Crippen molar-refractivity contribution in [2.75, 3.05) is 13.2 Å².